The van der Waals surface area contributed by atoms with Crippen molar-refractivity contribution in [2.24, 2.45) is 0 Å². The van der Waals surface area contributed by atoms with E-state index in [1.165, 1.54) is 42.5 Å². The van der Waals surface area contributed by atoms with E-state index < -0.39 is 64.5 Å². The van der Waals surface area contributed by atoms with Crippen LogP contribution in [0, 0.1) is 67.6 Å². The third kappa shape index (κ3) is 23.1. The lowest BCUT2D eigenvalue weighted by molar-refractivity contribution is -0.116. The van der Waals surface area contributed by atoms with Crippen LogP contribution in [0.5, 0.6) is 0 Å². The summed E-state index contributed by atoms with van der Waals surface area (Å²) in [5, 5.41) is 11.1. The fraction of sp³-hybridized carbons (Fsp3) is 0.0991. The molecule has 139 heavy (non-hydrogen) atoms. The molecule has 28 heteroatoms. The Balaban J connectivity index is 0.000000128. The topological polar surface area (TPSA) is 220 Å². The Bertz CT molecular complexity index is 7510. The second-order valence-corrected chi connectivity index (χ2v) is 33.9. The number of anilines is 4. The third-order valence-electron chi connectivity index (χ3n) is 23.0. The van der Waals surface area contributed by atoms with Crippen LogP contribution in [0.4, 0.5) is 71.6 Å². The molecule has 0 saturated carbocycles. The number of hydrogen-bond acceptors (Lipinski definition) is 12. The lowest BCUT2D eigenvalue weighted by Gasteiger charge is -2.20. The molecule has 20 rings (SSSR count). The summed E-state index contributed by atoms with van der Waals surface area (Å²) < 4.78 is 152. The quantitative estimate of drug-likeness (QED) is 0.0257. The number of nitrogens with zero attached hydrogens (tertiary/aromatic N) is 8. The largest absolute Gasteiger partial charge is 0.309 e. The lowest BCUT2D eigenvalue weighted by atomic mass is 9.91. The van der Waals surface area contributed by atoms with E-state index in [-0.39, 0.29) is 65.3 Å². The van der Waals surface area contributed by atoms with Crippen molar-refractivity contribution in [3.63, 3.8) is 0 Å². The molecule has 0 fully saturated rings. The van der Waals surface area contributed by atoms with Crippen molar-refractivity contribution < 1.29 is 67.5 Å². The molecule has 4 heterocycles. The predicted octanol–water partition coefficient (Wildman–Crippen LogP) is 24.6. The maximum Gasteiger partial charge on any atom is 0.256 e. The zero-order valence-corrected chi connectivity index (χ0v) is 75.7. The summed E-state index contributed by atoms with van der Waals surface area (Å²) in [5.41, 5.74) is 18.2. The summed E-state index contributed by atoms with van der Waals surface area (Å²) in [6.07, 6.45) is 18.1. The number of amides is 4. The first-order valence-electron chi connectivity index (χ1n) is 44.1. The summed E-state index contributed by atoms with van der Waals surface area (Å²) in [6, 6.07) is 77.1. The second kappa shape index (κ2) is 43.2. The van der Waals surface area contributed by atoms with Crippen LogP contribution in [0.2, 0.25) is 0 Å². The minimum absolute atomic E-state index is 0.0598. The average molecular weight is 1980 g/mol. The van der Waals surface area contributed by atoms with Gasteiger partial charge in [0, 0.05) is 37.0 Å². The van der Waals surface area contributed by atoms with E-state index in [0.29, 0.717) is 120 Å². The van der Waals surface area contributed by atoms with E-state index in [0.717, 1.165) is 105 Å². The Morgan fingerprint density at radius 1 is 0.273 bits per heavy atom. The Labute approximate surface area is 804 Å². The van der Waals surface area contributed by atoms with Gasteiger partial charge in [-0.05, 0) is 263 Å². The standard InChI is InChI=1S/C28H17F6N3O.C28H20F3N3O.C28H21FIN3O.C27H20FN3O/c29-16-8-9-17-15(12-16)7-11-19-27(17)35-20(10-6-14-4-2-1-3-5-14)28(36-19)37-21(38)13-18-22(30)24(32)26(34)25(33)23(18)31;29-20-9-10-21-19(16-20)8-13-24-27(21)32-25(12-7-17-4-2-1-3-5-17)28(33-24)34-26(35)15-18-6-11-22(30)23(31)14-18;29-21-10-13-23-20(17-21)9-15-24-27(23)31-25(14-8-18-4-2-1-3-5-18)28(32-24)33-26(34)16-19-6-11-22(30)12-7-19;28-21-13-14-22-20(17-21)12-16-23-25(22)29-24(15-11-18-7-3-1-4-8-18)26(30-23)31-27(32)19-9-5-2-6-10-19/h1-6,8-10,12H,7,11,13H2,(H,36,37,38);1-7,9-12,14,16H,8,13,15H2,(H,33,34,35);1-8,10-14,17H,9,15-16H2,(H,32,33,34);1-11,13-15,17H,12,16H2,(H,30,31,32)/b10-6+;12-7+;14-8+;15-11+. The van der Waals surface area contributed by atoms with Gasteiger partial charge in [-0.15, -0.1) is 0 Å². The summed E-state index contributed by atoms with van der Waals surface area (Å²) >= 11 is 2.24. The van der Waals surface area contributed by atoms with Crippen molar-refractivity contribution in [3.05, 3.63) is 447 Å². The Hall–Kier alpha value is -16.2. The van der Waals surface area contributed by atoms with Crippen molar-refractivity contribution in [2.75, 3.05) is 21.3 Å². The van der Waals surface area contributed by atoms with E-state index in [2.05, 4.69) is 58.8 Å². The highest BCUT2D eigenvalue weighted by molar-refractivity contribution is 14.1. The van der Waals surface area contributed by atoms with Gasteiger partial charge in [0.2, 0.25) is 23.5 Å². The Morgan fingerprint density at radius 3 is 0.885 bits per heavy atom. The average Bonchev–Trinajstić information content (AvgIpc) is 0.783. The number of nitrogens with one attached hydrogen (secondary N) is 4. The van der Waals surface area contributed by atoms with Crippen LogP contribution in [-0.4, -0.2) is 63.5 Å². The first-order chi connectivity index (χ1) is 67.4. The third-order valence-corrected chi connectivity index (χ3v) is 23.8. The van der Waals surface area contributed by atoms with Gasteiger partial charge in [0.05, 0.1) is 64.8 Å². The van der Waals surface area contributed by atoms with Gasteiger partial charge < -0.3 is 21.3 Å². The van der Waals surface area contributed by atoms with Gasteiger partial charge in [-0.2, -0.15) is 0 Å². The summed E-state index contributed by atoms with van der Waals surface area (Å²) in [7, 11) is 0. The van der Waals surface area contributed by atoms with Gasteiger partial charge in [0.15, 0.2) is 58.2 Å². The van der Waals surface area contributed by atoms with Crippen molar-refractivity contribution in [1.29, 1.82) is 0 Å². The predicted molar refractivity (Wildman–Crippen MR) is 524 cm³/mol. The van der Waals surface area contributed by atoms with Crippen molar-refractivity contribution in [1.82, 2.24) is 39.9 Å². The maximum atomic E-state index is 14.1. The first-order valence-corrected chi connectivity index (χ1v) is 45.1. The molecule has 4 amide bonds. The van der Waals surface area contributed by atoms with E-state index in [4.69, 9.17) is 24.9 Å². The normalized spacial score (nSPS) is 12.3. The van der Waals surface area contributed by atoms with E-state index >= 15 is 0 Å². The number of carbonyl (C=O) groups excluding carboxylic acids is 4. The molecule has 0 aliphatic heterocycles. The van der Waals surface area contributed by atoms with Crippen LogP contribution in [0.15, 0.2) is 267 Å². The fourth-order valence-corrected chi connectivity index (χ4v) is 16.5. The smallest absolute Gasteiger partial charge is 0.256 e. The zero-order valence-electron chi connectivity index (χ0n) is 73.5. The molecule has 4 aliphatic carbocycles. The van der Waals surface area contributed by atoms with Gasteiger partial charge in [0.25, 0.3) is 5.91 Å². The molecule has 4 aliphatic rings. The van der Waals surface area contributed by atoms with E-state index in [1.54, 1.807) is 66.8 Å². The van der Waals surface area contributed by atoms with E-state index in [9.17, 15) is 67.5 Å². The van der Waals surface area contributed by atoms with Crippen molar-refractivity contribution in [3.8, 4) is 45.0 Å². The van der Waals surface area contributed by atoms with Gasteiger partial charge in [-0.3, -0.25) is 19.2 Å². The fourth-order valence-electron chi connectivity index (χ4n) is 16.2. The van der Waals surface area contributed by atoms with Gasteiger partial charge >= 0.3 is 0 Å². The number of aryl methyl sites for hydroxylation is 8. The molecule has 0 unspecified atom stereocenters. The molecule has 16 nitrogen and oxygen atoms in total. The molecule has 4 aromatic heterocycles. The molecule has 0 spiro atoms. The van der Waals surface area contributed by atoms with Crippen LogP contribution in [-0.2, 0) is 85.0 Å². The number of benzene rings is 12. The summed E-state index contributed by atoms with van der Waals surface area (Å²) in [4.78, 5) is 89.0. The number of fused-ring (bicyclic) bond motifs is 12. The SMILES string of the molecule is O=C(Cc1c(F)c(F)c(F)c(F)c1F)Nc1nc2c(nc1/C=C/c1ccccc1)-c1ccc(F)cc1CC2.O=C(Cc1ccc(F)c(F)c1)Nc1nc2c(nc1/C=C/c1ccccc1)-c1ccc(F)cc1CC2.O=C(Cc1ccc(I)cc1)Nc1nc2c(nc1/C=C/c1ccccc1)-c1ccc(F)cc1CC2.O=C(Nc1nc2c(nc1/C=C/c1ccccc1)-c1ccc(F)cc1CC2)c1ccccc1. The second-order valence-electron chi connectivity index (χ2n) is 32.6. The molecule has 0 radical (unpaired) electrons. The number of aromatic nitrogens is 8. The number of rotatable bonds is 19. The van der Waals surface area contributed by atoms with Crippen molar-refractivity contribution in [2.45, 2.75) is 70.6 Å². The van der Waals surface area contributed by atoms with Crippen LogP contribution in [0.1, 0.15) is 117 Å². The monoisotopic (exact) mass is 1980 g/mol. The number of hydrogen-bond donors (Lipinski definition) is 4. The Kier molecular flexibility index (Phi) is 29.4. The highest BCUT2D eigenvalue weighted by Gasteiger charge is 2.31. The van der Waals surface area contributed by atoms with Gasteiger partial charge in [0.1, 0.15) is 46.0 Å². The molecule has 0 saturated heterocycles. The van der Waals surface area contributed by atoms with Crippen LogP contribution < -0.4 is 21.3 Å². The van der Waals surface area contributed by atoms with Crippen LogP contribution in [0.3, 0.4) is 0 Å². The summed E-state index contributed by atoms with van der Waals surface area (Å²) in [6.45, 7) is 0. The molecule has 0 atom stereocenters. The van der Waals surface area contributed by atoms with Crippen LogP contribution in [0.25, 0.3) is 93.6 Å². The zero-order chi connectivity index (χ0) is 96.7. The number of halogens is 12. The minimum Gasteiger partial charge on any atom is -0.309 e. The molecular formula is C111H78F11IN12O4. The lowest BCUT2D eigenvalue weighted by Crippen LogP contribution is -2.21. The maximum absolute atomic E-state index is 14.1. The highest BCUT2D eigenvalue weighted by Crippen LogP contribution is 2.40. The minimum atomic E-state index is -2.31. The van der Waals surface area contributed by atoms with Crippen LogP contribution >= 0.6 is 22.6 Å². The molecule has 16 aromatic rings. The van der Waals surface area contributed by atoms with E-state index in [1.807, 2.05) is 194 Å². The molecule has 0 bridgehead atoms. The van der Waals surface area contributed by atoms with Gasteiger partial charge in [-0.1, -0.05) is 182 Å². The molecular weight excluding hydrogens is 1900 g/mol. The Morgan fingerprint density at radius 2 is 0.561 bits per heavy atom. The molecule has 4 N–H and O–H groups in total. The van der Waals surface area contributed by atoms with Crippen molar-refractivity contribution >= 4 is 118 Å². The number of carbonyl (C=O) groups is 4. The summed E-state index contributed by atoms with van der Waals surface area (Å²) in [5.74, 6) is -14.7. The molecule has 12 aromatic carbocycles. The highest BCUT2D eigenvalue weighted by atomic mass is 127. The molecule has 690 valence electrons. The first kappa shape index (κ1) is 94.5. The van der Waals surface area contributed by atoms with Gasteiger partial charge in [-0.25, -0.2) is 88.2 Å².